The molecule has 2 aromatic rings. The number of benzene rings is 1. The smallest absolute Gasteiger partial charge is 0.335 e. The number of aromatic carboxylic acids is 1. The number of nitrogens with zero attached hydrogens (tertiary/aromatic N) is 2. The Kier molecular flexibility index (Phi) is 5.10. The van der Waals surface area contributed by atoms with Gasteiger partial charge in [-0.2, -0.15) is 0 Å². The third kappa shape index (κ3) is 3.83. The molecule has 0 radical (unpaired) electrons. The molecule has 0 aliphatic carbocycles. The maximum Gasteiger partial charge on any atom is 0.335 e. The van der Waals surface area contributed by atoms with Crippen LogP contribution in [0.25, 0.3) is 0 Å². The van der Waals surface area contributed by atoms with E-state index < -0.39 is 5.97 Å². The highest BCUT2D eigenvalue weighted by atomic mass is 16.5. The molecule has 8 heteroatoms. The summed E-state index contributed by atoms with van der Waals surface area (Å²) in [6.45, 7) is 1.10. The van der Waals surface area contributed by atoms with E-state index in [1.165, 1.54) is 18.5 Å². The van der Waals surface area contributed by atoms with Crippen molar-refractivity contribution in [3.8, 4) is 0 Å². The Morgan fingerprint density at radius 2 is 1.95 bits per heavy atom. The van der Waals surface area contributed by atoms with E-state index in [4.69, 9.17) is 15.6 Å². The average molecular weight is 303 g/mol. The molecule has 0 aliphatic heterocycles. The minimum Gasteiger partial charge on any atom is -0.478 e. The van der Waals surface area contributed by atoms with Gasteiger partial charge in [0, 0.05) is 19.3 Å². The van der Waals surface area contributed by atoms with Gasteiger partial charge in [0.25, 0.3) is 0 Å². The number of anilines is 4. The normalized spacial score (nSPS) is 10.2. The zero-order valence-electron chi connectivity index (χ0n) is 12.0. The van der Waals surface area contributed by atoms with Crippen LogP contribution >= 0.6 is 0 Å². The Balaban J connectivity index is 2.12. The summed E-state index contributed by atoms with van der Waals surface area (Å²) in [5, 5.41) is 14.9. The molecule has 0 aliphatic rings. The zero-order chi connectivity index (χ0) is 15.9. The maximum absolute atomic E-state index is 10.8. The van der Waals surface area contributed by atoms with Crippen molar-refractivity contribution in [1.29, 1.82) is 0 Å². The fourth-order valence-electron chi connectivity index (χ4n) is 1.74. The second-order valence-corrected chi connectivity index (χ2v) is 4.41. The van der Waals surface area contributed by atoms with Crippen LogP contribution in [0.5, 0.6) is 0 Å². The number of ether oxygens (including phenoxy) is 1. The number of carboxylic acid groups (broad SMARTS) is 1. The molecule has 0 fully saturated rings. The summed E-state index contributed by atoms with van der Waals surface area (Å²) in [6.07, 6.45) is 1.39. The first-order valence-corrected chi connectivity index (χ1v) is 6.55. The number of carbonyl (C=O) groups is 1. The molecule has 1 aromatic carbocycles. The molecule has 0 amide bonds. The standard InChI is InChI=1S/C14H17N5O3/c1-22-7-6-16-12-11(15)13(18-8-17-12)19-10-4-2-9(3-5-10)14(20)21/h2-5,8H,6-7,15H2,1H3,(H,20,21)(H2,16,17,18,19). The van der Waals surface area contributed by atoms with Crippen LogP contribution in [0.4, 0.5) is 23.0 Å². The Morgan fingerprint density at radius 1 is 1.27 bits per heavy atom. The molecule has 116 valence electrons. The molecule has 2 rings (SSSR count). The van der Waals surface area contributed by atoms with E-state index in [0.29, 0.717) is 36.2 Å². The van der Waals surface area contributed by atoms with Crippen molar-refractivity contribution in [2.75, 3.05) is 36.6 Å². The summed E-state index contributed by atoms with van der Waals surface area (Å²) in [5.41, 5.74) is 7.27. The Hall–Kier alpha value is -2.87. The number of carboxylic acids is 1. The van der Waals surface area contributed by atoms with Gasteiger partial charge in [0.1, 0.15) is 12.0 Å². The number of hydrogen-bond acceptors (Lipinski definition) is 7. The molecular weight excluding hydrogens is 286 g/mol. The fraction of sp³-hybridized carbons (Fsp3) is 0.214. The van der Waals surface area contributed by atoms with E-state index in [-0.39, 0.29) is 5.56 Å². The maximum atomic E-state index is 10.8. The minimum atomic E-state index is -0.974. The van der Waals surface area contributed by atoms with Crippen LogP contribution in [0, 0.1) is 0 Å². The summed E-state index contributed by atoms with van der Waals surface area (Å²) in [4.78, 5) is 19.0. The number of nitrogens with two attached hydrogens (primary N) is 1. The van der Waals surface area contributed by atoms with E-state index in [0.717, 1.165) is 0 Å². The zero-order valence-corrected chi connectivity index (χ0v) is 12.0. The second kappa shape index (κ2) is 7.23. The number of nitrogens with one attached hydrogen (secondary N) is 2. The first-order valence-electron chi connectivity index (χ1n) is 6.55. The summed E-state index contributed by atoms with van der Waals surface area (Å²) < 4.78 is 4.95. The van der Waals surface area contributed by atoms with Crippen LogP contribution in [-0.4, -0.2) is 41.3 Å². The fourth-order valence-corrected chi connectivity index (χ4v) is 1.74. The van der Waals surface area contributed by atoms with Crippen LogP contribution in [-0.2, 0) is 4.74 Å². The van der Waals surface area contributed by atoms with E-state index >= 15 is 0 Å². The third-order valence-corrected chi connectivity index (χ3v) is 2.88. The number of methoxy groups -OCH3 is 1. The van der Waals surface area contributed by atoms with Gasteiger partial charge in [0.2, 0.25) is 0 Å². The van der Waals surface area contributed by atoms with Crippen molar-refractivity contribution < 1.29 is 14.6 Å². The van der Waals surface area contributed by atoms with Crippen LogP contribution < -0.4 is 16.4 Å². The lowest BCUT2D eigenvalue weighted by atomic mass is 10.2. The summed E-state index contributed by atoms with van der Waals surface area (Å²) in [5.74, 6) is -0.0209. The van der Waals surface area contributed by atoms with Crippen LogP contribution in [0.2, 0.25) is 0 Å². The number of rotatable bonds is 7. The Morgan fingerprint density at radius 3 is 2.59 bits per heavy atom. The van der Waals surface area contributed by atoms with Crippen molar-refractivity contribution in [3.05, 3.63) is 36.2 Å². The highest BCUT2D eigenvalue weighted by molar-refractivity contribution is 5.88. The molecule has 0 unspecified atom stereocenters. The lowest BCUT2D eigenvalue weighted by molar-refractivity contribution is 0.0697. The summed E-state index contributed by atoms with van der Waals surface area (Å²) in [7, 11) is 1.61. The Bertz CT molecular complexity index is 645. The molecule has 22 heavy (non-hydrogen) atoms. The van der Waals surface area contributed by atoms with Gasteiger partial charge < -0.3 is 26.2 Å². The van der Waals surface area contributed by atoms with Gasteiger partial charge in [-0.1, -0.05) is 0 Å². The topological polar surface area (TPSA) is 122 Å². The van der Waals surface area contributed by atoms with E-state index in [2.05, 4.69) is 20.6 Å². The third-order valence-electron chi connectivity index (χ3n) is 2.88. The van der Waals surface area contributed by atoms with Crippen LogP contribution in [0.1, 0.15) is 10.4 Å². The first-order chi connectivity index (χ1) is 10.6. The summed E-state index contributed by atoms with van der Waals surface area (Å²) in [6, 6.07) is 6.28. The lowest BCUT2D eigenvalue weighted by Crippen LogP contribution is -2.12. The molecule has 1 heterocycles. The molecule has 8 nitrogen and oxygen atoms in total. The van der Waals surface area contributed by atoms with Crippen molar-refractivity contribution >= 4 is 29.0 Å². The number of hydrogen-bond donors (Lipinski definition) is 4. The largest absolute Gasteiger partial charge is 0.478 e. The molecule has 5 N–H and O–H groups in total. The van der Waals surface area contributed by atoms with Crippen LogP contribution in [0.15, 0.2) is 30.6 Å². The molecule has 1 aromatic heterocycles. The van der Waals surface area contributed by atoms with Gasteiger partial charge in [-0.05, 0) is 24.3 Å². The number of nitrogen functional groups attached to an aromatic ring is 1. The average Bonchev–Trinajstić information content (AvgIpc) is 2.51. The van der Waals surface area contributed by atoms with Crippen molar-refractivity contribution in [1.82, 2.24) is 9.97 Å². The van der Waals surface area contributed by atoms with Gasteiger partial charge in [-0.3, -0.25) is 0 Å². The van der Waals surface area contributed by atoms with Gasteiger partial charge in [-0.25, -0.2) is 14.8 Å². The monoisotopic (exact) mass is 303 g/mol. The molecule has 0 saturated heterocycles. The molecule has 0 spiro atoms. The van der Waals surface area contributed by atoms with Crippen LogP contribution in [0.3, 0.4) is 0 Å². The van der Waals surface area contributed by atoms with E-state index in [1.54, 1.807) is 19.2 Å². The van der Waals surface area contributed by atoms with E-state index in [9.17, 15) is 4.79 Å². The molecule has 0 saturated carbocycles. The lowest BCUT2D eigenvalue weighted by Gasteiger charge is -2.12. The predicted molar refractivity (Wildman–Crippen MR) is 83.5 cm³/mol. The van der Waals surface area contributed by atoms with E-state index in [1.807, 2.05) is 0 Å². The molecule has 0 bridgehead atoms. The molecule has 0 atom stereocenters. The van der Waals surface area contributed by atoms with Crippen molar-refractivity contribution in [3.63, 3.8) is 0 Å². The SMILES string of the molecule is COCCNc1ncnc(Nc2ccc(C(=O)O)cc2)c1N. The minimum absolute atomic E-state index is 0.211. The highest BCUT2D eigenvalue weighted by Crippen LogP contribution is 2.25. The Labute approximate surface area is 127 Å². The number of aromatic nitrogens is 2. The summed E-state index contributed by atoms with van der Waals surface area (Å²) >= 11 is 0. The predicted octanol–water partition coefficient (Wildman–Crippen LogP) is 1.56. The molecular formula is C14H17N5O3. The van der Waals surface area contributed by atoms with Crippen molar-refractivity contribution in [2.45, 2.75) is 0 Å². The first kappa shape index (κ1) is 15.5. The van der Waals surface area contributed by atoms with Crippen molar-refractivity contribution in [2.24, 2.45) is 0 Å². The van der Waals surface area contributed by atoms with Gasteiger partial charge in [0.05, 0.1) is 12.2 Å². The van der Waals surface area contributed by atoms with Gasteiger partial charge in [0.15, 0.2) is 11.6 Å². The quantitative estimate of drug-likeness (QED) is 0.568. The second-order valence-electron chi connectivity index (χ2n) is 4.41. The van der Waals surface area contributed by atoms with Gasteiger partial charge >= 0.3 is 5.97 Å². The highest BCUT2D eigenvalue weighted by Gasteiger charge is 2.08. The van der Waals surface area contributed by atoms with Gasteiger partial charge in [-0.15, -0.1) is 0 Å².